The SMILES string of the molecule is CC12CCC(O)C=C1CCC1C2[C@@H](O)CC2(C)C(C(=O)CO)CCC12. The fourth-order valence-electron chi connectivity index (χ4n) is 7.48. The summed E-state index contributed by atoms with van der Waals surface area (Å²) in [5.74, 6) is 1.00. The molecule has 4 aliphatic carbocycles. The van der Waals surface area contributed by atoms with Crippen molar-refractivity contribution in [3.63, 3.8) is 0 Å². The number of carbonyl (C=O) groups is 1. The van der Waals surface area contributed by atoms with Crippen molar-refractivity contribution in [1.29, 1.82) is 0 Å². The maximum Gasteiger partial charge on any atom is 0.161 e. The Bertz CT molecular complexity index is 599. The van der Waals surface area contributed by atoms with Gasteiger partial charge in [0, 0.05) is 5.92 Å². The molecule has 4 aliphatic rings. The lowest BCUT2D eigenvalue weighted by Crippen LogP contribution is -2.57. The quantitative estimate of drug-likeness (QED) is 0.670. The van der Waals surface area contributed by atoms with E-state index in [2.05, 4.69) is 13.8 Å². The molecule has 3 saturated carbocycles. The van der Waals surface area contributed by atoms with Crippen LogP contribution in [0.2, 0.25) is 0 Å². The second-order valence-corrected chi connectivity index (χ2v) is 9.58. The summed E-state index contributed by atoms with van der Waals surface area (Å²) in [5, 5.41) is 30.6. The molecule has 4 nitrogen and oxygen atoms in total. The van der Waals surface area contributed by atoms with Gasteiger partial charge in [-0.1, -0.05) is 25.5 Å². The summed E-state index contributed by atoms with van der Waals surface area (Å²) < 4.78 is 0. The van der Waals surface area contributed by atoms with Crippen LogP contribution in [-0.2, 0) is 4.79 Å². The third kappa shape index (κ3) is 2.40. The Labute approximate surface area is 150 Å². The van der Waals surface area contributed by atoms with Gasteiger partial charge < -0.3 is 15.3 Å². The van der Waals surface area contributed by atoms with Gasteiger partial charge >= 0.3 is 0 Å². The van der Waals surface area contributed by atoms with Crippen molar-refractivity contribution in [3.8, 4) is 0 Å². The van der Waals surface area contributed by atoms with Crippen molar-refractivity contribution >= 4 is 5.78 Å². The first-order chi connectivity index (χ1) is 11.8. The topological polar surface area (TPSA) is 77.8 Å². The average Bonchev–Trinajstić information content (AvgIpc) is 2.91. The molecule has 3 N–H and O–H groups in total. The summed E-state index contributed by atoms with van der Waals surface area (Å²) in [6.45, 7) is 4.10. The van der Waals surface area contributed by atoms with Gasteiger partial charge in [0.1, 0.15) is 6.61 Å². The molecule has 25 heavy (non-hydrogen) atoms. The standard InChI is InChI=1S/C21H32O4/c1-20-8-7-13(23)9-12(20)3-4-14-15-5-6-16(18(25)11-22)21(15,2)10-17(24)19(14)20/h9,13-17,19,22-24H,3-8,10-11H2,1-2H3/t13?,14?,15?,16?,17-,19?,20?,21?/m0/s1. The van der Waals surface area contributed by atoms with Crippen molar-refractivity contribution < 1.29 is 20.1 Å². The third-order valence-electron chi connectivity index (χ3n) is 8.56. The van der Waals surface area contributed by atoms with E-state index in [0.29, 0.717) is 18.3 Å². The van der Waals surface area contributed by atoms with Crippen molar-refractivity contribution in [2.75, 3.05) is 6.61 Å². The van der Waals surface area contributed by atoms with Crippen LogP contribution in [-0.4, -0.2) is 39.9 Å². The summed E-state index contributed by atoms with van der Waals surface area (Å²) >= 11 is 0. The van der Waals surface area contributed by atoms with Crippen LogP contribution in [0.5, 0.6) is 0 Å². The number of aliphatic hydroxyl groups is 3. The van der Waals surface area contributed by atoms with Crippen molar-refractivity contribution in [2.45, 2.75) is 71.0 Å². The molecule has 0 aromatic carbocycles. The van der Waals surface area contributed by atoms with Crippen LogP contribution in [0.25, 0.3) is 0 Å². The van der Waals surface area contributed by atoms with Crippen LogP contribution in [0.15, 0.2) is 11.6 Å². The molecule has 0 aromatic heterocycles. The summed E-state index contributed by atoms with van der Waals surface area (Å²) in [6, 6.07) is 0. The Morgan fingerprint density at radius 3 is 2.68 bits per heavy atom. The normalized spacial score (nSPS) is 52.0. The van der Waals surface area contributed by atoms with E-state index in [1.54, 1.807) is 0 Å². The maximum absolute atomic E-state index is 12.3. The highest BCUT2D eigenvalue weighted by atomic mass is 16.3. The molecule has 0 bridgehead atoms. The molecule has 8 atom stereocenters. The Morgan fingerprint density at radius 2 is 1.96 bits per heavy atom. The molecule has 0 spiro atoms. The van der Waals surface area contributed by atoms with E-state index in [4.69, 9.17) is 0 Å². The van der Waals surface area contributed by atoms with E-state index in [9.17, 15) is 20.1 Å². The van der Waals surface area contributed by atoms with Crippen LogP contribution < -0.4 is 0 Å². The zero-order valence-electron chi connectivity index (χ0n) is 15.4. The van der Waals surface area contributed by atoms with E-state index in [1.165, 1.54) is 5.57 Å². The number of hydrogen-bond donors (Lipinski definition) is 3. The second kappa shape index (κ2) is 5.90. The van der Waals surface area contributed by atoms with Gasteiger partial charge in [-0.3, -0.25) is 4.79 Å². The monoisotopic (exact) mass is 348 g/mol. The molecule has 0 aromatic rings. The summed E-state index contributed by atoms with van der Waals surface area (Å²) in [7, 11) is 0. The highest BCUT2D eigenvalue weighted by Crippen LogP contribution is 2.66. The fraction of sp³-hybridized carbons (Fsp3) is 0.857. The largest absolute Gasteiger partial charge is 0.393 e. The molecule has 0 aliphatic heterocycles. The second-order valence-electron chi connectivity index (χ2n) is 9.58. The molecular weight excluding hydrogens is 316 g/mol. The highest BCUT2D eigenvalue weighted by Gasteiger charge is 2.62. The molecule has 4 heteroatoms. The molecule has 0 saturated heterocycles. The van der Waals surface area contributed by atoms with Gasteiger partial charge in [0.25, 0.3) is 0 Å². The molecule has 0 radical (unpaired) electrons. The number of carbonyl (C=O) groups excluding carboxylic acids is 1. The van der Waals surface area contributed by atoms with Crippen LogP contribution in [0.4, 0.5) is 0 Å². The minimum Gasteiger partial charge on any atom is -0.393 e. The number of rotatable bonds is 2. The number of hydrogen-bond acceptors (Lipinski definition) is 4. The maximum atomic E-state index is 12.3. The fourth-order valence-corrected chi connectivity index (χ4v) is 7.48. The molecule has 0 amide bonds. The first kappa shape index (κ1) is 17.7. The Morgan fingerprint density at radius 1 is 1.20 bits per heavy atom. The predicted molar refractivity (Wildman–Crippen MR) is 94.7 cm³/mol. The Balaban J connectivity index is 1.69. The van der Waals surface area contributed by atoms with Gasteiger partial charge in [-0.25, -0.2) is 0 Å². The number of aliphatic hydroxyl groups excluding tert-OH is 3. The van der Waals surface area contributed by atoms with E-state index in [-0.39, 0.29) is 41.2 Å². The van der Waals surface area contributed by atoms with Crippen molar-refractivity contribution in [3.05, 3.63) is 11.6 Å². The minimum absolute atomic E-state index is 0.0119. The average molecular weight is 348 g/mol. The Hall–Kier alpha value is -0.710. The lowest BCUT2D eigenvalue weighted by atomic mass is 9.46. The molecule has 0 heterocycles. The lowest BCUT2D eigenvalue weighted by molar-refractivity contribution is -0.145. The molecule has 7 unspecified atom stereocenters. The molecule has 3 fully saturated rings. The van der Waals surface area contributed by atoms with E-state index >= 15 is 0 Å². The van der Waals surface area contributed by atoms with Crippen molar-refractivity contribution in [1.82, 2.24) is 0 Å². The predicted octanol–water partition coefficient (Wildman–Crippen LogP) is 2.46. The first-order valence-electron chi connectivity index (χ1n) is 10.0. The minimum atomic E-state index is -0.401. The lowest BCUT2D eigenvalue weighted by Gasteiger charge is -2.60. The zero-order chi connectivity index (χ0) is 18.0. The first-order valence-corrected chi connectivity index (χ1v) is 10.0. The summed E-state index contributed by atoms with van der Waals surface area (Å²) in [5.41, 5.74) is 1.16. The van der Waals surface area contributed by atoms with Gasteiger partial charge in [0.2, 0.25) is 0 Å². The van der Waals surface area contributed by atoms with Gasteiger partial charge in [0.05, 0.1) is 12.2 Å². The van der Waals surface area contributed by atoms with Gasteiger partial charge in [0.15, 0.2) is 5.78 Å². The van der Waals surface area contributed by atoms with Gasteiger partial charge in [-0.15, -0.1) is 0 Å². The number of Topliss-reactive ketones (excluding diaryl/α,β-unsaturated/α-hetero) is 1. The Kier molecular flexibility index (Phi) is 4.17. The van der Waals surface area contributed by atoms with Crippen molar-refractivity contribution in [2.24, 2.45) is 34.5 Å². The molecule has 140 valence electrons. The van der Waals surface area contributed by atoms with Crippen LogP contribution in [0, 0.1) is 34.5 Å². The number of fused-ring (bicyclic) bond motifs is 5. The highest BCUT2D eigenvalue weighted by molar-refractivity contribution is 5.83. The van der Waals surface area contributed by atoms with E-state index < -0.39 is 6.10 Å². The van der Waals surface area contributed by atoms with Crippen LogP contribution in [0.3, 0.4) is 0 Å². The van der Waals surface area contributed by atoms with Gasteiger partial charge in [-0.2, -0.15) is 0 Å². The summed E-state index contributed by atoms with van der Waals surface area (Å²) in [4.78, 5) is 12.3. The van der Waals surface area contributed by atoms with E-state index in [0.717, 1.165) is 38.5 Å². The van der Waals surface area contributed by atoms with Crippen LogP contribution >= 0.6 is 0 Å². The summed E-state index contributed by atoms with van der Waals surface area (Å²) in [6.07, 6.45) is 7.67. The van der Waals surface area contributed by atoms with Gasteiger partial charge in [-0.05, 0) is 73.5 Å². The third-order valence-corrected chi connectivity index (χ3v) is 8.56. The number of allylic oxidation sites excluding steroid dienone is 1. The smallest absolute Gasteiger partial charge is 0.161 e. The number of ketones is 1. The van der Waals surface area contributed by atoms with E-state index in [1.807, 2.05) is 6.08 Å². The zero-order valence-corrected chi connectivity index (χ0v) is 15.4. The van der Waals surface area contributed by atoms with Crippen LogP contribution in [0.1, 0.15) is 58.8 Å². The molecular formula is C21H32O4. The molecule has 4 rings (SSSR count).